The summed E-state index contributed by atoms with van der Waals surface area (Å²) in [5.74, 6) is 1.55. The molecule has 0 aliphatic heterocycles. The Hall–Kier alpha value is -3.49. The normalized spacial score (nSPS) is 12.2. The number of anilines is 1. The number of aromatic nitrogens is 6. The smallest absolute Gasteiger partial charge is 0.234 e. The summed E-state index contributed by atoms with van der Waals surface area (Å²) in [6.07, 6.45) is 3.68. The van der Waals surface area contributed by atoms with Crippen molar-refractivity contribution in [2.75, 3.05) is 11.9 Å². The molecule has 1 atom stereocenters. The summed E-state index contributed by atoms with van der Waals surface area (Å²) in [4.78, 5) is 13.3. The molecule has 0 aliphatic rings. The van der Waals surface area contributed by atoms with Gasteiger partial charge in [0.1, 0.15) is 29.3 Å². The SMILES string of the molecule is CCOc1cc(-n2cnc3ccc(N[C@@H](CC)c4ccc(F)cn4)nc32)[nH]n1. The van der Waals surface area contributed by atoms with E-state index < -0.39 is 0 Å². The Balaban J connectivity index is 1.63. The Morgan fingerprint density at radius 1 is 1.21 bits per heavy atom. The average Bonchev–Trinajstić information content (AvgIpc) is 3.33. The zero-order valence-electron chi connectivity index (χ0n) is 15.6. The fraction of sp³-hybridized carbons (Fsp3) is 0.263. The molecular formula is C19H20FN7O. The minimum atomic E-state index is -0.354. The van der Waals surface area contributed by atoms with E-state index in [1.807, 2.05) is 30.5 Å². The van der Waals surface area contributed by atoms with E-state index in [1.165, 1.54) is 12.3 Å². The van der Waals surface area contributed by atoms with Crippen LogP contribution in [-0.4, -0.2) is 36.3 Å². The molecule has 0 aromatic carbocycles. The predicted octanol–water partition coefficient (Wildman–Crippen LogP) is 3.64. The molecule has 4 aromatic rings. The number of fused-ring (bicyclic) bond motifs is 1. The molecule has 28 heavy (non-hydrogen) atoms. The number of nitrogens with one attached hydrogen (secondary N) is 2. The van der Waals surface area contributed by atoms with Crippen LogP contribution in [0, 0.1) is 5.82 Å². The van der Waals surface area contributed by atoms with Gasteiger partial charge in [-0.1, -0.05) is 6.92 Å². The van der Waals surface area contributed by atoms with E-state index in [4.69, 9.17) is 9.72 Å². The Kier molecular flexibility index (Phi) is 4.88. The average molecular weight is 381 g/mol. The second-order valence-electron chi connectivity index (χ2n) is 6.18. The molecule has 0 aliphatic carbocycles. The second-order valence-corrected chi connectivity index (χ2v) is 6.18. The number of halogens is 1. The zero-order valence-corrected chi connectivity index (χ0v) is 15.6. The van der Waals surface area contributed by atoms with Crippen molar-refractivity contribution in [3.05, 3.63) is 54.4 Å². The molecular weight excluding hydrogens is 361 g/mol. The van der Waals surface area contributed by atoms with Gasteiger partial charge in [-0.2, -0.15) is 0 Å². The summed E-state index contributed by atoms with van der Waals surface area (Å²) in [6, 6.07) is 8.56. The predicted molar refractivity (Wildman–Crippen MR) is 103 cm³/mol. The fourth-order valence-electron chi connectivity index (χ4n) is 2.95. The van der Waals surface area contributed by atoms with Gasteiger partial charge in [0, 0.05) is 6.07 Å². The highest BCUT2D eigenvalue weighted by molar-refractivity contribution is 5.75. The van der Waals surface area contributed by atoms with Crippen molar-refractivity contribution in [2.45, 2.75) is 26.3 Å². The van der Waals surface area contributed by atoms with Crippen LogP contribution in [0.1, 0.15) is 32.0 Å². The summed E-state index contributed by atoms with van der Waals surface area (Å²) in [6.45, 7) is 4.48. The molecule has 4 heterocycles. The first-order valence-corrected chi connectivity index (χ1v) is 9.08. The lowest BCUT2D eigenvalue weighted by atomic mass is 10.1. The van der Waals surface area contributed by atoms with Crippen LogP contribution in [0.15, 0.2) is 42.9 Å². The highest BCUT2D eigenvalue weighted by atomic mass is 19.1. The Labute approximate surface area is 160 Å². The van der Waals surface area contributed by atoms with Crippen LogP contribution in [0.3, 0.4) is 0 Å². The maximum atomic E-state index is 13.2. The first-order chi connectivity index (χ1) is 13.7. The summed E-state index contributed by atoms with van der Waals surface area (Å²) >= 11 is 0. The van der Waals surface area contributed by atoms with Crippen LogP contribution in [-0.2, 0) is 0 Å². The third kappa shape index (κ3) is 3.51. The largest absolute Gasteiger partial charge is 0.477 e. The molecule has 4 rings (SSSR count). The van der Waals surface area contributed by atoms with E-state index in [9.17, 15) is 4.39 Å². The minimum Gasteiger partial charge on any atom is -0.477 e. The van der Waals surface area contributed by atoms with Crippen LogP contribution in [0.4, 0.5) is 10.2 Å². The Morgan fingerprint density at radius 3 is 2.86 bits per heavy atom. The second kappa shape index (κ2) is 7.63. The van der Waals surface area contributed by atoms with Gasteiger partial charge < -0.3 is 10.1 Å². The molecule has 2 N–H and O–H groups in total. The van der Waals surface area contributed by atoms with Crippen molar-refractivity contribution in [1.82, 2.24) is 29.7 Å². The third-order valence-electron chi connectivity index (χ3n) is 4.33. The van der Waals surface area contributed by atoms with Gasteiger partial charge in [-0.3, -0.25) is 14.6 Å². The summed E-state index contributed by atoms with van der Waals surface area (Å²) < 4.78 is 20.4. The van der Waals surface area contributed by atoms with Crippen LogP contribution >= 0.6 is 0 Å². The van der Waals surface area contributed by atoms with Crippen molar-refractivity contribution in [3.63, 3.8) is 0 Å². The Bertz CT molecular complexity index is 1070. The van der Waals surface area contributed by atoms with Crippen LogP contribution < -0.4 is 10.1 Å². The minimum absolute atomic E-state index is 0.0846. The molecule has 9 heteroatoms. The monoisotopic (exact) mass is 381 g/mol. The molecule has 0 spiro atoms. The molecule has 0 fully saturated rings. The van der Waals surface area contributed by atoms with Crippen LogP contribution in [0.2, 0.25) is 0 Å². The number of aromatic amines is 1. The van der Waals surface area contributed by atoms with Gasteiger partial charge in [-0.25, -0.2) is 14.4 Å². The maximum absolute atomic E-state index is 13.2. The zero-order chi connectivity index (χ0) is 19.5. The molecule has 4 aromatic heterocycles. The van der Waals surface area contributed by atoms with Gasteiger partial charge in [0.2, 0.25) is 5.88 Å². The number of imidazole rings is 1. The van der Waals surface area contributed by atoms with E-state index in [0.717, 1.165) is 17.6 Å². The molecule has 0 amide bonds. The van der Waals surface area contributed by atoms with Gasteiger partial charge in [-0.05, 0) is 37.6 Å². The lowest BCUT2D eigenvalue weighted by molar-refractivity contribution is 0.326. The topological polar surface area (TPSA) is 93.5 Å². The van der Waals surface area contributed by atoms with E-state index >= 15 is 0 Å². The quantitative estimate of drug-likeness (QED) is 0.508. The van der Waals surface area contributed by atoms with E-state index in [1.54, 1.807) is 18.5 Å². The van der Waals surface area contributed by atoms with E-state index in [-0.39, 0.29) is 11.9 Å². The van der Waals surface area contributed by atoms with Crippen LogP contribution in [0.5, 0.6) is 5.88 Å². The molecule has 0 radical (unpaired) electrons. The van der Waals surface area contributed by atoms with Gasteiger partial charge in [-0.15, -0.1) is 5.10 Å². The molecule has 0 saturated carbocycles. The number of ether oxygens (including phenoxy) is 1. The highest BCUT2D eigenvalue weighted by Gasteiger charge is 2.14. The third-order valence-corrected chi connectivity index (χ3v) is 4.33. The van der Waals surface area contributed by atoms with Gasteiger partial charge in [0.05, 0.1) is 24.5 Å². The number of hydrogen-bond donors (Lipinski definition) is 2. The standard InChI is InChI=1S/C19H20FN7O/c1-3-13(14-6-5-12(20)10-21-14)23-16-8-7-15-19(24-16)27(11-22-15)17-9-18(26-25-17)28-4-2/h5-11,13H,3-4H2,1-2H3,(H,23,24)(H,25,26)/t13-/m0/s1. The van der Waals surface area contributed by atoms with Crippen molar-refractivity contribution in [3.8, 4) is 11.7 Å². The van der Waals surface area contributed by atoms with Crippen molar-refractivity contribution >= 4 is 17.0 Å². The number of pyridine rings is 2. The highest BCUT2D eigenvalue weighted by Crippen LogP contribution is 2.23. The first kappa shape index (κ1) is 17.9. The van der Waals surface area contributed by atoms with Crippen LogP contribution in [0.25, 0.3) is 17.0 Å². The van der Waals surface area contributed by atoms with Gasteiger partial charge >= 0.3 is 0 Å². The van der Waals surface area contributed by atoms with Crippen molar-refractivity contribution in [1.29, 1.82) is 0 Å². The van der Waals surface area contributed by atoms with Crippen molar-refractivity contribution < 1.29 is 9.13 Å². The van der Waals surface area contributed by atoms with Gasteiger partial charge in [0.15, 0.2) is 5.65 Å². The summed E-state index contributed by atoms with van der Waals surface area (Å²) in [7, 11) is 0. The summed E-state index contributed by atoms with van der Waals surface area (Å²) in [5.41, 5.74) is 2.19. The fourth-order valence-corrected chi connectivity index (χ4v) is 2.95. The molecule has 0 unspecified atom stereocenters. The number of H-pyrrole nitrogens is 1. The lowest BCUT2D eigenvalue weighted by Gasteiger charge is -2.17. The number of rotatable bonds is 7. The lowest BCUT2D eigenvalue weighted by Crippen LogP contribution is -2.12. The maximum Gasteiger partial charge on any atom is 0.234 e. The molecule has 0 bridgehead atoms. The summed E-state index contributed by atoms with van der Waals surface area (Å²) in [5, 5.41) is 10.4. The van der Waals surface area contributed by atoms with Gasteiger partial charge in [0.25, 0.3) is 0 Å². The first-order valence-electron chi connectivity index (χ1n) is 9.08. The molecule has 144 valence electrons. The molecule has 0 saturated heterocycles. The van der Waals surface area contributed by atoms with E-state index in [2.05, 4.69) is 25.5 Å². The number of nitrogens with zero attached hydrogens (tertiary/aromatic N) is 5. The van der Waals surface area contributed by atoms with Crippen molar-refractivity contribution in [2.24, 2.45) is 0 Å². The van der Waals surface area contributed by atoms with E-state index in [0.29, 0.717) is 29.8 Å². The number of hydrogen-bond acceptors (Lipinski definition) is 6. The molecule has 8 nitrogen and oxygen atoms in total. The Morgan fingerprint density at radius 2 is 2.11 bits per heavy atom.